The molecule has 0 aliphatic carbocycles. The quantitative estimate of drug-likeness (QED) is 0.727. The second-order valence-corrected chi connectivity index (χ2v) is 3.50. The van der Waals surface area contributed by atoms with Crippen LogP contribution in [0, 0.1) is 6.92 Å². The molecule has 86 valence electrons. The van der Waals surface area contributed by atoms with Crippen LogP contribution < -0.4 is 5.32 Å². The Balaban J connectivity index is 2.71. The maximum atomic E-state index is 11.2. The SMILES string of the molecule is CNC(=O)[C@H](CO)/N=C/c1ccc(C)cc1. The highest BCUT2D eigenvalue weighted by Gasteiger charge is 2.12. The van der Waals surface area contributed by atoms with Gasteiger partial charge in [-0.3, -0.25) is 9.79 Å². The molecule has 0 saturated heterocycles. The number of nitrogens with zero attached hydrogens (tertiary/aromatic N) is 1. The first-order valence-corrected chi connectivity index (χ1v) is 5.09. The molecule has 0 heterocycles. The van der Waals surface area contributed by atoms with Gasteiger partial charge in [0.1, 0.15) is 0 Å². The van der Waals surface area contributed by atoms with E-state index in [1.807, 2.05) is 31.2 Å². The fourth-order valence-electron chi connectivity index (χ4n) is 1.19. The van der Waals surface area contributed by atoms with Gasteiger partial charge in [-0.15, -0.1) is 0 Å². The smallest absolute Gasteiger partial charge is 0.246 e. The van der Waals surface area contributed by atoms with Gasteiger partial charge in [-0.05, 0) is 12.5 Å². The molecule has 1 atom stereocenters. The summed E-state index contributed by atoms with van der Waals surface area (Å²) in [5.74, 6) is -0.286. The number of benzene rings is 1. The van der Waals surface area contributed by atoms with Crippen molar-refractivity contribution in [1.29, 1.82) is 0 Å². The van der Waals surface area contributed by atoms with Crippen LogP contribution in [0.15, 0.2) is 29.3 Å². The maximum Gasteiger partial charge on any atom is 0.246 e. The van der Waals surface area contributed by atoms with Crippen molar-refractivity contribution >= 4 is 12.1 Å². The van der Waals surface area contributed by atoms with Crippen LogP contribution in [0.2, 0.25) is 0 Å². The number of nitrogens with one attached hydrogen (secondary N) is 1. The Labute approximate surface area is 95.0 Å². The van der Waals surface area contributed by atoms with E-state index in [0.717, 1.165) is 5.56 Å². The standard InChI is InChI=1S/C12H16N2O2/c1-9-3-5-10(6-4-9)7-14-11(8-15)12(16)13-2/h3-7,11,15H,8H2,1-2H3,(H,13,16)/b14-7+/t11-/m0/s1. The molecule has 0 fully saturated rings. The summed E-state index contributed by atoms with van der Waals surface area (Å²) in [5, 5.41) is 11.4. The number of hydrogen-bond donors (Lipinski definition) is 2. The second-order valence-electron chi connectivity index (χ2n) is 3.50. The van der Waals surface area contributed by atoms with Gasteiger partial charge in [-0.1, -0.05) is 29.8 Å². The zero-order chi connectivity index (χ0) is 12.0. The Bertz CT molecular complexity index is 371. The minimum atomic E-state index is -0.730. The fourth-order valence-corrected chi connectivity index (χ4v) is 1.19. The first kappa shape index (κ1) is 12.4. The molecule has 16 heavy (non-hydrogen) atoms. The van der Waals surface area contributed by atoms with E-state index >= 15 is 0 Å². The third kappa shape index (κ3) is 3.47. The van der Waals surface area contributed by atoms with Crippen molar-refractivity contribution in [2.45, 2.75) is 13.0 Å². The zero-order valence-corrected chi connectivity index (χ0v) is 9.47. The number of amides is 1. The summed E-state index contributed by atoms with van der Waals surface area (Å²) < 4.78 is 0. The third-order valence-electron chi connectivity index (χ3n) is 2.20. The summed E-state index contributed by atoms with van der Waals surface area (Å²) >= 11 is 0. The van der Waals surface area contributed by atoms with Crippen molar-refractivity contribution in [1.82, 2.24) is 5.32 Å². The van der Waals surface area contributed by atoms with Crippen LogP contribution in [-0.4, -0.2) is 36.9 Å². The highest BCUT2D eigenvalue weighted by molar-refractivity contribution is 5.86. The van der Waals surface area contributed by atoms with Gasteiger partial charge in [-0.2, -0.15) is 0 Å². The van der Waals surface area contributed by atoms with Gasteiger partial charge >= 0.3 is 0 Å². The van der Waals surface area contributed by atoms with Crippen molar-refractivity contribution in [2.75, 3.05) is 13.7 Å². The van der Waals surface area contributed by atoms with E-state index in [1.165, 1.54) is 12.6 Å². The Morgan fingerprint density at radius 2 is 2.12 bits per heavy atom. The lowest BCUT2D eigenvalue weighted by atomic mass is 10.2. The number of aryl methyl sites for hydroxylation is 1. The molecule has 0 aliphatic rings. The average Bonchev–Trinajstić information content (AvgIpc) is 2.31. The summed E-state index contributed by atoms with van der Waals surface area (Å²) in [6, 6.07) is 7.03. The van der Waals surface area contributed by atoms with Crippen molar-refractivity contribution in [3.05, 3.63) is 35.4 Å². The predicted molar refractivity (Wildman–Crippen MR) is 63.7 cm³/mol. The molecule has 1 aromatic carbocycles. The molecule has 1 amide bonds. The number of carbonyl (C=O) groups is 1. The molecule has 0 radical (unpaired) electrons. The number of rotatable bonds is 4. The van der Waals surface area contributed by atoms with Crippen molar-refractivity contribution in [2.24, 2.45) is 4.99 Å². The molecule has 0 unspecified atom stereocenters. The van der Waals surface area contributed by atoms with E-state index in [2.05, 4.69) is 10.3 Å². The normalized spacial score (nSPS) is 12.7. The van der Waals surface area contributed by atoms with Crippen LogP contribution in [0.25, 0.3) is 0 Å². The van der Waals surface area contributed by atoms with E-state index < -0.39 is 6.04 Å². The Hall–Kier alpha value is -1.68. The van der Waals surface area contributed by atoms with Gasteiger partial charge in [0.05, 0.1) is 6.61 Å². The van der Waals surface area contributed by atoms with Gasteiger partial charge < -0.3 is 10.4 Å². The van der Waals surface area contributed by atoms with Gasteiger partial charge in [0.15, 0.2) is 6.04 Å². The summed E-state index contributed by atoms with van der Waals surface area (Å²) in [5.41, 5.74) is 2.08. The van der Waals surface area contributed by atoms with Crippen LogP contribution >= 0.6 is 0 Å². The van der Waals surface area contributed by atoms with Crippen LogP contribution in [0.4, 0.5) is 0 Å². The van der Waals surface area contributed by atoms with Gasteiger partial charge in [-0.25, -0.2) is 0 Å². The molecule has 4 nitrogen and oxygen atoms in total. The lowest BCUT2D eigenvalue weighted by Crippen LogP contribution is -2.33. The summed E-state index contributed by atoms with van der Waals surface area (Å²) in [4.78, 5) is 15.3. The van der Waals surface area contributed by atoms with E-state index in [-0.39, 0.29) is 12.5 Å². The molecule has 4 heteroatoms. The van der Waals surface area contributed by atoms with Crippen LogP contribution in [-0.2, 0) is 4.79 Å². The second kappa shape index (κ2) is 6.02. The molecule has 0 saturated carbocycles. The molecule has 0 spiro atoms. The molecule has 0 aromatic heterocycles. The number of aliphatic hydroxyl groups is 1. The molecule has 0 bridgehead atoms. The number of aliphatic hydroxyl groups excluding tert-OH is 1. The van der Waals surface area contributed by atoms with E-state index in [4.69, 9.17) is 5.11 Å². The predicted octanol–water partition coefficient (Wildman–Crippen LogP) is 0.521. The minimum absolute atomic E-state index is 0.286. The van der Waals surface area contributed by atoms with Gasteiger partial charge in [0.2, 0.25) is 5.91 Å². The highest BCUT2D eigenvalue weighted by Crippen LogP contribution is 2.01. The maximum absolute atomic E-state index is 11.2. The Morgan fingerprint density at radius 3 is 2.62 bits per heavy atom. The minimum Gasteiger partial charge on any atom is -0.394 e. The van der Waals surface area contributed by atoms with E-state index in [1.54, 1.807) is 6.21 Å². The van der Waals surface area contributed by atoms with E-state index in [0.29, 0.717) is 0 Å². The molecular weight excluding hydrogens is 204 g/mol. The molecule has 2 N–H and O–H groups in total. The largest absolute Gasteiger partial charge is 0.394 e. The molecule has 1 rings (SSSR count). The van der Waals surface area contributed by atoms with Crippen LogP contribution in [0.5, 0.6) is 0 Å². The first-order valence-electron chi connectivity index (χ1n) is 5.09. The van der Waals surface area contributed by atoms with Crippen molar-refractivity contribution < 1.29 is 9.90 Å². The monoisotopic (exact) mass is 220 g/mol. The van der Waals surface area contributed by atoms with Crippen molar-refractivity contribution in [3.8, 4) is 0 Å². The van der Waals surface area contributed by atoms with Gasteiger partial charge in [0.25, 0.3) is 0 Å². The first-order chi connectivity index (χ1) is 7.67. The van der Waals surface area contributed by atoms with Gasteiger partial charge in [0, 0.05) is 13.3 Å². The molecule has 1 aromatic rings. The summed E-state index contributed by atoms with van der Waals surface area (Å²) in [7, 11) is 1.52. The number of aliphatic imine (C=N–C) groups is 1. The Morgan fingerprint density at radius 1 is 1.50 bits per heavy atom. The highest BCUT2D eigenvalue weighted by atomic mass is 16.3. The molecule has 0 aliphatic heterocycles. The van der Waals surface area contributed by atoms with Crippen LogP contribution in [0.1, 0.15) is 11.1 Å². The van der Waals surface area contributed by atoms with Crippen molar-refractivity contribution in [3.63, 3.8) is 0 Å². The van der Waals surface area contributed by atoms with E-state index in [9.17, 15) is 4.79 Å². The fraction of sp³-hybridized carbons (Fsp3) is 0.333. The summed E-state index contributed by atoms with van der Waals surface area (Å²) in [6.07, 6.45) is 1.59. The number of carbonyl (C=O) groups excluding carboxylic acids is 1. The lowest BCUT2D eigenvalue weighted by Gasteiger charge is -2.06. The third-order valence-corrected chi connectivity index (χ3v) is 2.20. The average molecular weight is 220 g/mol. The zero-order valence-electron chi connectivity index (χ0n) is 9.47. The lowest BCUT2D eigenvalue weighted by molar-refractivity contribution is -0.122. The van der Waals surface area contributed by atoms with Crippen LogP contribution in [0.3, 0.4) is 0 Å². The Kier molecular flexibility index (Phi) is 4.66. The number of hydrogen-bond acceptors (Lipinski definition) is 3. The topological polar surface area (TPSA) is 61.7 Å². The number of likely N-dealkylation sites (N-methyl/N-ethyl adjacent to an activating group) is 1. The summed E-state index contributed by atoms with van der Waals surface area (Å²) in [6.45, 7) is 1.71. The molecular formula is C12H16N2O2.